The van der Waals surface area contributed by atoms with Gasteiger partial charge in [-0.15, -0.1) is 22.1 Å². The first-order valence-corrected chi connectivity index (χ1v) is 21.4. The largest absolute Gasteiger partial charge is 2.00 e. The van der Waals surface area contributed by atoms with Crippen LogP contribution >= 0.6 is 0 Å². The summed E-state index contributed by atoms with van der Waals surface area (Å²) < 4.78 is 0. The van der Waals surface area contributed by atoms with Crippen LogP contribution in [-0.4, -0.2) is 9.97 Å². The Morgan fingerprint density at radius 1 is 0.413 bits per heavy atom. The predicted octanol–water partition coefficient (Wildman–Crippen LogP) is 13.8. The average molecular weight is 876 g/mol. The Balaban J connectivity index is 0.00000595. The van der Waals surface area contributed by atoms with Crippen molar-refractivity contribution < 1.29 is 19.5 Å². The van der Waals surface area contributed by atoms with Crippen molar-refractivity contribution in [3.63, 3.8) is 0 Å². The number of fused-ring (bicyclic) bond motifs is 8. The van der Waals surface area contributed by atoms with Gasteiger partial charge in [0.05, 0.1) is 46.0 Å². The second-order valence-corrected chi connectivity index (χ2v) is 20.8. The van der Waals surface area contributed by atoms with Gasteiger partial charge in [-0.05, 0) is 120 Å². The molecular formula is C56H54N6Zn. The molecule has 0 fully saturated rings. The van der Waals surface area contributed by atoms with Crippen LogP contribution < -0.4 is 9.97 Å². The first-order chi connectivity index (χ1) is 29.1. The summed E-state index contributed by atoms with van der Waals surface area (Å²) in [5.74, 6) is 0. The maximum Gasteiger partial charge on any atom is 2.00 e. The van der Waals surface area contributed by atoms with Gasteiger partial charge in [-0.25, -0.2) is 9.97 Å². The summed E-state index contributed by atoms with van der Waals surface area (Å²) in [6.07, 6.45) is 8.20. The van der Waals surface area contributed by atoms with Gasteiger partial charge in [0.1, 0.15) is 0 Å². The molecule has 2 aliphatic heterocycles. The first-order valence-electron chi connectivity index (χ1n) is 21.4. The number of hydrogen-bond donors (Lipinski definition) is 0. The SMILES string of the molecule is CC(C)(C)c1cc(-c2c3nc(c(-c4cc(C#N)cc(C#N)c4)c4ccc([n-]4)c(-c4cc(C(C)(C)C)cc(C(C)(C)C)c4)c4nc(cc5ccc2[n-]5)C=C4)C=C3)cc(C(C)(C)C)c1.[Zn+2]. The van der Waals surface area contributed by atoms with Crippen LogP contribution in [0.25, 0.3) is 79.8 Å². The van der Waals surface area contributed by atoms with Crippen molar-refractivity contribution in [1.29, 1.82) is 10.5 Å². The van der Waals surface area contributed by atoms with Gasteiger partial charge in [0.15, 0.2) is 0 Å². The molecule has 2 aliphatic rings. The Bertz CT molecular complexity index is 2960. The zero-order valence-electron chi connectivity index (χ0n) is 38.8. The number of hydrogen-bond acceptors (Lipinski definition) is 4. The monoisotopic (exact) mass is 874 g/mol. The molecule has 6 aromatic rings. The molecule has 0 spiro atoms. The van der Waals surface area contributed by atoms with E-state index in [0.717, 1.165) is 61.4 Å². The van der Waals surface area contributed by atoms with E-state index < -0.39 is 0 Å². The van der Waals surface area contributed by atoms with Crippen LogP contribution in [0.5, 0.6) is 0 Å². The standard InChI is InChI=1S/C56H54N6.Zn/c1-53(2,3)38-24-36(25-39(28-38)54(4,5)6)51-44-15-13-42(59-44)30-43-14-16-45(60-43)52(37-26-40(55(7,8)9)29-41(27-37)56(10,11)12)49-20-18-47(62-49)50(46-17-19-48(51)61-46)35-22-33(31-57)21-34(23-35)32-58;/h13-30H,1-12H3;/q-2;+2. The Labute approximate surface area is 385 Å². The molecule has 0 aliphatic carbocycles. The Morgan fingerprint density at radius 3 is 1.19 bits per heavy atom. The molecule has 0 unspecified atom stereocenters. The molecule has 0 N–H and O–H groups in total. The normalized spacial score (nSPS) is 12.8. The smallest absolute Gasteiger partial charge is 0.657 e. The van der Waals surface area contributed by atoms with Crippen LogP contribution in [-0.2, 0) is 41.1 Å². The van der Waals surface area contributed by atoms with Gasteiger partial charge in [-0.2, -0.15) is 10.5 Å². The molecule has 0 radical (unpaired) electrons. The molecular weight excluding hydrogens is 822 g/mol. The van der Waals surface area contributed by atoms with Gasteiger partial charge in [0, 0.05) is 0 Å². The Hall–Kier alpha value is -6.14. The summed E-state index contributed by atoms with van der Waals surface area (Å²) in [6.45, 7) is 27.0. The van der Waals surface area contributed by atoms with E-state index in [1.54, 1.807) is 6.07 Å². The molecule has 0 saturated carbocycles. The van der Waals surface area contributed by atoms with Crippen LogP contribution in [0.4, 0.5) is 0 Å². The van der Waals surface area contributed by atoms with Crippen molar-refractivity contribution in [1.82, 2.24) is 19.9 Å². The van der Waals surface area contributed by atoms with Gasteiger partial charge in [-0.3, -0.25) is 0 Å². The Morgan fingerprint density at radius 2 is 0.778 bits per heavy atom. The number of rotatable bonds is 3. The van der Waals surface area contributed by atoms with Crippen LogP contribution in [0.15, 0.2) is 84.9 Å². The summed E-state index contributed by atoms with van der Waals surface area (Å²) in [4.78, 5) is 21.4. The topological polar surface area (TPSA) is 102 Å². The van der Waals surface area contributed by atoms with Crippen molar-refractivity contribution in [3.8, 4) is 45.5 Å². The minimum Gasteiger partial charge on any atom is -0.657 e. The van der Waals surface area contributed by atoms with E-state index in [0.29, 0.717) is 27.9 Å². The molecule has 8 rings (SSSR count). The van der Waals surface area contributed by atoms with Gasteiger partial charge in [0.25, 0.3) is 0 Å². The fraction of sp³-hybridized carbons (Fsp3) is 0.286. The zero-order valence-corrected chi connectivity index (χ0v) is 41.7. The fourth-order valence-electron chi connectivity index (χ4n) is 8.09. The first kappa shape index (κ1) is 44.9. The van der Waals surface area contributed by atoms with E-state index in [9.17, 15) is 10.5 Å². The number of nitrogens with zero attached hydrogens (tertiary/aromatic N) is 6. The van der Waals surface area contributed by atoms with E-state index in [1.807, 2.05) is 30.3 Å². The van der Waals surface area contributed by atoms with Gasteiger partial charge in [-0.1, -0.05) is 150 Å². The molecule has 6 nitrogen and oxygen atoms in total. The van der Waals surface area contributed by atoms with Gasteiger partial charge >= 0.3 is 19.5 Å². The molecule has 0 atom stereocenters. The van der Waals surface area contributed by atoms with E-state index in [4.69, 9.17) is 19.9 Å². The van der Waals surface area contributed by atoms with E-state index >= 15 is 0 Å². The molecule has 8 bridgehead atoms. The second kappa shape index (κ2) is 16.2. The molecule has 5 heterocycles. The summed E-state index contributed by atoms with van der Waals surface area (Å²) >= 11 is 0. The van der Waals surface area contributed by atoms with Gasteiger partial charge < -0.3 is 9.97 Å². The number of nitriles is 2. The van der Waals surface area contributed by atoms with Gasteiger partial charge in [0.2, 0.25) is 0 Å². The van der Waals surface area contributed by atoms with Crippen molar-refractivity contribution >= 4 is 46.4 Å². The number of aromatic nitrogens is 4. The molecule has 3 aromatic heterocycles. The van der Waals surface area contributed by atoms with Crippen molar-refractivity contribution in [2.75, 3.05) is 0 Å². The quantitative estimate of drug-likeness (QED) is 0.164. The molecule has 0 amide bonds. The summed E-state index contributed by atoms with van der Waals surface area (Å²) in [7, 11) is 0. The van der Waals surface area contributed by atoms with Crippen molar-refractivity contribution in [2.45, 2.75) is 105 Å². The number of benzene rings is 3. The average Bonchev–Trinajstić information content (AvgIpc) is 4.04. The van der Waals surface area contributed by atoms with E-state index in [1.165, 1.54) is 22.3 Å². The van der Waals surface area contributed by atoms with E-state index in [2.05, 4.69) is 168 Å². The maximum atomic E-state index is 10.1. The zero-order chi connectivity index (χ0) is 44.5. The Kier molecular flexibility index (Phi) is 11.6. The minimum absolute atomic E-state index is 0. The van der Waals surface area contributed by atoms with Crippen LogP contribution in [0.3, 0.4) is 0 Å². The third-order valence-corrected chi connectivity index (χ3v) is 11.8. The second-order valence-electron chi connectivity index (χ2n) is 20.8. The van der Waals surface area contributed by atoms with Crippen molar-refractivity contribution in [3.05, 3.63) is 141 Å². The summed E-state index contributed by atoms with van der Waals surface area (Å²) in [6, 6.07) is 33.8. The van der Waals surface area contributed by atoms with Crippen LogP contribution in [0.2, 0.25) is 0 Å². The molecule has 63 heavy (non-hydrogen) atoms. The van der Waals surface area contributed by atoms with Crippen LogP contribution in [0.1, 0.15) is 139 Å². The molecule has 7 heteroatoms. The fourth-order valence-corrected chi connectivity index (χ4v) is 8.09. The van der Waals surface area contributed by atoms with Crippen molar-refractivity contribution in [2.24, 2.45) is 0 Å². The molecule has 3 aromatic carbocycles. The summed E-state index contributed by atoms with van der Waals surface area (Å²) in [5.41, 5.74) is 16.6. The maximum absolute atomic E-state index is 10.1. The minimum atomic E-state index is -0.108. The predicted molar refractivity (Wildman–Crippen MR) is 257 cm³/mol. The van der Waals surface area contributed by atoms with E-state index in [-0.39, 0.29) is 41.1 Å². The third-order valence-electron chi connectivity index (χ3n) is 11.8. The molecule has 310 valence electrons. The summed E-state index contributed by atoms with van der Waals surface area (Å²) in [5, 5.41) is 20.3. The third kappa shape index (κ3) is 9.04. The van der Waals surface area contributed by atoms with Crippen LogP contribution in [0, 0.1) is 22.7 Å². The molecule has 0 saturated heterocycles.